The van der Waals surface area contributed by atoms with Crippen molar-refractivity contribution in [2.45, 2.75) is 39.2 Å². The van der Waals surface area contributed by atoms with Gasteiger partial charge in [0, 0.05) is 62.0 Å². The second-order valence-electron chi connectivity index (χ2n) is 6.79. The molecular weight excluding hydrogens is 336 g/mol. The maximum atomic E-state index is 5.10. The van der Waals surface area contributed by atoms with Crippen molar-refractivity contribution >= 4 is 22.5 Å². The van der Waals surface area contributed by atoms with Crippen LogP contribution in [-0.4, -0.2) is 52.6 Å². The molecule has 0 aromatic carbocycles. The number of rotatable bonds is 5. The number of methoxy groups -OCH3 is 1. The molecule has 8 heteroatoms. The van der Waals surface area contributed by atoms with Gasteiger partial charge in [0.25, 0.3) is 0 Å². The third kappa shape index (κ3) is 3.46. The summed E-state index contributed by atoms with van der Waals surface area (Å²) in [6.45, 7) is 8.46. The molecule has 2 aromatic rings. The van der Waals surface area contributed by atoms with E-state index in [1.54, 1.807) is 7.11 Å². The number of hydrogen-bond acceptors (Lipinski definition) is 8. The van der Waals surface area contributed by atoms with Crippen molar-refractivity contribution in [1.29, 1.82) is 0 Å². The Morgan fingerprint density at radius 2 is 1.76 bits per heavy atom. The van der Waals surface area contributed by atoms with Gasteiger partial charge in [-0.05, 0) is 26.7 Å². The minimum absolute atomic E-state index is 0.472. The van der Waals surface area contributed by atoms with Gasteiger partial charge in [0.15, 0.2) is 5.82 Å². The first-order chi connectivity index (χ1) is 12.2. The average molecular weight is 360 g/mol. The van der Waals surface area contributed by atoms with Crippen LogP contribution >= 0.6 is 11.5 Å². The number of ether oxygens (including phenoxy) is 1. The molecule has 0 amide bonds. The summed E-state index contributed by atoms with van der Waals surface area (Å²) in [6, 6.07) is 0. The molecule has 3 heterocycles. The molecule has 0 atom stereocenters. The Bertz CT molecular complexity index is 752. The molecular formula is C17H24N6OS. The monoisotopic (exact) mass is 360 g/mol. The van der Waals surface area contributed by atoms with E-state index in [1.807, 2.05) is 0 Å². The molecule has 4 rings (SSSR count). The van der Waals surface area contributed by atoms with Gasteiger partial charge in [-0.2, -0.15) is 4.37 Å². The molecule has 0 radical (unpaired) electrons. The average Bonchev–Trinajstić information content (AvgIpc) is 3.37. The zero-order chi connectivity index (χ0) is 17.4. The number of nitrogens with zero attached hydrogens (tertiary/aromatic N) is 6. The topological polar surface area (TPSA) is 67.3 Å². The third-order valence-electron chi connectivity index (χ3n) is 4.90. The lowest BCUT2D eigenvalue weighted by atomic mass is 10.2. The van der Waals surface area contributed by atoms with Gasteiger partial charge in [0.05, 0.1) is 0 Å². The maximum absolute atomic E-state index is 5.10. The van der Waals surface area contributed by atoms with Crippen molar-refractivity contribution in [3.8, 4) is 0 Å². The van der Waals surface area contributed by atoms with E-state index in [9.17, 15) is 0 Å². The van der Waals surface area contributed by atoms with Crippen LogP contribution in [0.5, 0.6) is 0 Å². The lowest BCUT2D eigenvalue weighted by molar-refractivity contribution is 0.179. The predicted molar refractivity (Wildman–Crippen MR) is 98.5 cm³/mol. The molecule has 2 aromatic heterocycles. The fourth-order valence-electron chi connectivity index (χ4n) is 3.14. The summed E-state index contributed by atoms with van der Waals surface area (Å²) < 4.78 is 9.46. The molecule has 2 fully saturated rings. The van der Waals surface area contributed by atoms with E-state index in [4.69, 9.17) is 14.7 Å². The molecule has 0 N–H and O–H groups in total. The zero-order valence-corrected chi connectivity index (χ0v) is 15.8. The van der Waals surface area contributed by atoms with E-state index >= 15 is 0 Å². The SMILES string of the molecule is COCc1nsc(N2CCN(c3nc(C4CC4)nc(C)c3C)CC2)n1. The van der Waals surface area contributed by atoms with Crippen molar-refractivity contribution in [1.82, 2.24) is 19.3 Å². The van der Waals surface area contributed by atoms with Gasteiger partial charge in [0.2, 0.25) is 5.13 Å². The van der Waals surface area contributed by atoms with E-state index in [2.05, 4.69) is 33.0 Å². The van der Waals surface area contributed by atoms with E-state index < -0.39 is 0 Å². The normalized spacial score (nSPS) is 18.0. The summed E-state index contributed by atoms with van der Waals surface area (Å²) in [5.41, 5.74) is 2.32. The van der Waals surface area contributed by atoms with Crippen LogP contribution in [0.25, 0.3) is 0 Å². The van der Waals surface area contributed by atoms with Crippen LogP contribution in [0, 0.1) is 13.8 Å². The Hall–Kier alpha value is -1.80. The van der Waals surface area contributed by atoms with Crippen LogP contribution < -0.4 is 9.80 Å². The van der Waals surface area contributed by atoms with Crippen LogP contribution in [0.3, 0.4) is 0 Å². The summed E-state index contributed by atoms with van der Waals surface area (Å²) in [6.07, 6.45) is 2.47. The molecule has 2 aliphatic rings. The number of aryl methyl sites for hydroxylation is 1. The molecule has 0 bridgehead atoms. The third-order valence-corrected chi connectivity index (χ3v) is 5.72. The maximum Gasteiger partial charge on any atom is 0.205 e. The number of hydrogen-bond donors (Lipinski definition) is 0. The summed E-state index contributed by atoms with van der Waals surface area (Å²) in [5, 5.41) is 0.987. The summed E-state index contributed by atoms with van der Waals surface area (Å²) >= 11 is 1.45. The van der Waals surface area contributed by atoms with Gasteiger partial charge in [-0.15, -0.1) is 0 Å². The van der Waals surface area contributed by atoms with Crippen molar-refractivity contribution in [2.75, 3.05) is 43.1 Å². The molecule has 1 saturated carbocycles. The smallest absolute Gasteiger partial charge is 0.205 e. The first kappa shape index (κ1) is 16.7. The second kappa shape index (κ2) is 6.84. The van der Waals surface area contributed by atoms with Gasteiger partial charge in [-0.25, -0.2) is 15.0 Å². The zero-order valence-electron chi connectivity index (χ0n) is 15.0. The highest BCUT2D eigenvalue weighted by Crippen LogP contribution is 2.39. The second-order valence-corrected chi connectivity index (χ2v) is 7.52. The van der Waals surface area contributed by atoms with Gasteiger partial charge in [0.1, 0.15) is 18.2 Å². The van der Waals surface area contributed by atoms with Crippen molar-refractivity contribution < 1.29 is 4.74 Å². The van der Waals surface area contributed by atoms with E-state index in [0.717, 1.165) is 54.5 Å². The minimum atomic E-state index is 0.472. The molecule has 1 saturated heterocycles. The van der Waals surface area contributed by atoms with Gasteiger partial charge in [-0.3, -0.25) is 0 Å². The molecule has 0 spiro atoms. The van der Waals surface area contributed by atoms with E-state index in [1.165, 1.54) is 29.9 Å². The Kier molecular flexibility index (Phi) is 4.56. The highest BCUT2D eigenvalue weighted by molar-refractivity contribution is 7.09. The molecule has 134 valence electrons. The van der Waals surface area contributed by atoms with Crippen molar-refractivity contribution in [2.24, 2.45) is 0 Å². The van der Waals surface area contributed by atoms with Gasteiger partial charge in [-0.1, -0.05) is 0 Å². The fourth-order valence-corrected chi connectivity index (χ4v) is 3.86. The summed E-state index contributed by atoms with van der Waals surface area (Å²) in [7, 11) is 1.67. The predicted octanol–water partition coefficient (Wildman–Crippen LogP) is 2.30. The Balaban J connectivity index is 1.46. The Morgan fingerprint density at radius 3 is 2.44 bits per heavy atom. The van der Waals surface area contributed by atoms with Crippen LogP contribution in [0.15, 0.2) is 0 Å². The lowest BCUT2D eigenvalue weighted by Gasteiger charge is -2.36. The van der Waals surface area contributed by atoms with E-state index in [0.29, 0.717) is 12.5 Å². The number of aromatic nitrogens is 4. The Labute approximate surface area is 152 Å². The standard InChI is InChI=1S/C17H24N6OS/c1-11-12(2)18-15(13-4-5-13)20-16(11)22-6-8-23(9-7-22)17-19-14(10-24-3)21-25-17/h13H,4-10H2,1-3H3. The highest BCUT2D eigenvalue weighted by Gasteiger charge is 2.29. The summed E-state index contributed by atoms with van der Waals surface area (Å²) in [4.78, 5) is 18.9. The lowest BCUT2D eigenvalue weighted by Crippen LogP contribution is -2.47. The molecule has 1 aliphatic heterocycles. The minimum Gasteiger partial charge on any atom is -0.377 e. The largest absolute Gasteiger partial charge is 0.377 e. The first-order valence-corrected chi connectivity index (χ1v) is 9.59. The van der Waals surface area contributed by atoms with Crippen molar-refractivity contribution in [3.05, 3.63) is 22.9 Å². The number of anilines is 2. The molecule has 1 aliphatic carbocycles. The summed E-state index contributed by atoms with van der Waals surface area (Å²) in [5.74, 6) is 3.50. The van der Waals surface area contributed by atoms with Crippen molar-refractivity contribution in [3.63, 3.8) is 0 Å². The molecule has 7 nitrogen and oxygen atoms in total. The molecule has 0 unspecified atom stereocenters. The van der Waals surface area contributed by atoms with E-state index in [-0.39, 0.29) is 0 Å². The van der Waals surface area contributed by atoms with Gasteiger partial charge < -0.3 is 14.5 Å². The molecule has 25 heavy (non-hydrogen) atoms. The van der Waals surface area contributed by atoms with Gasteiger partial charge >= 0.3 is 0 Å². The fraction of sp³-hybridized carbons (Fsp3) is 0.647. The van der Waals surface area contributed by atoms with Crippen LogP contribution in [0.1, 0.15) is 41.7 Å². The van der Waals surface area contributed by atoms with Crippen LogP contribution in [0.2, 0.25) is 0 Å². The Morgan fingerprint density at radius 1 is 1.04 bits per heavy atom. The number of piperazine rings is 1. The quantitative estimate of drug-likeness (QED) is 0.810. The van der Waals surface area contributed by atoms with Crippen LogP contribution in [0.4, 0.5) is 10.9 Å². The first-order valence-electron chi connectivity index (χ1n) is 8.82. The van der Waals surface area contributed by atoms with Crippen LogP contribution in [-0.2, 0) is 11.3 Å². The highest BCUT2D eigenvalue weighted by atomic mass is 32.1.